The number of para-hydroxylation sites is 1. The second-order valence-corrected chi connectivity index (χ2v) is 4.70. The van der Waals surface area contributed by atoms with Crippen LogP contribution in [-0.2, 0) is 11.3 Å². The van der Waals surface area contributed by atoms with Gasteiger partial charge in [-0.05, 0) is 36.2 Å². The van der Waals surface area contributed by atoms with Crippen LogP contribution in [0.4, 0.5) is 0 Å². The van der Waals surface area contributed by atoms with Gasteiger partial charge in [0.15, 0.2) is 0 Å². The Morgan fingerprint density at radius 2 is 1.77 bits per heavy atom. The fourth-order valence-electron chi connectivity index (χ4n) is 1.82. The van der Waals surface area contributed by atoms with Gasteiger partial charge in [-0.1, -0.05) is 30.3 Å². The molecule has 2 rings (SSSR count). The van der Waals surface area contributed by atoms with Crippen molar-refractivity contribution in [2.45, 2.75) is 19.4 Å². The van der Waals surface area contributed by atoms with Gasteiger partial charge in [-0.3, -0.25) is 0 Å². The lowest BCUT2D eigenvalue weighted by atomic mass is 10.1. The molecule has 2 aromatic rings. The average Bonchev–Trinajstić information content (AvgIpc) is 2.58. The molecule has 0 amide bonds. The molecule has 4 heteroatoms. The van der Waals surface area contributed by atoms with Crippen LogP contribution in [0.2, 0.25) is 0 Å². The number of ether oxygens (including phenoxy) is 2. The Morgan fingerprint density at radius 3 is 2.45 bits per heavy atom. The Kier molecular flexibility index (Phi) is 6.01. The van der Waals surface area contributed by atoms with Crippen molar-refractivity contribution in [2.75, 3.05) is 6.61 Å². The standard InChI is InChI=1S/C18H17NO3/c19-12-4-5-13-21-18(20)16-10-8-15(9-11-16)14-22-17-6-2-1-3-7-17/h1-3,6-11H,4-5,13-14H2. The van der Waals surface area contributed by atoms with Crippen LogP contribution in [0.3, 0.4) is 0 Å². The molecule has 2 aromatic carbocycles. The summed E-state index contributed by atoms with van der Waals surface area (Å²) in [5, 5.41) is 8.41. The van der Waals surface area contributed by atoms with E-state index in [2.05, 4.69) is 0 Å². The van der Waals surface area contributed by atoms with Crippen LogP contribution in [0, 0.1) is 11.3 Å². The van der Waals surface area contributed by atoms with Crippen molar-refractivity contribution < 1.29 is 14.3 Å². The number of carbonyl (C=O) groups is 1. The zero-order chi connectivity index (χ0) is 15.6. The Hall–Kier alpha value is -2.80. The SMILES string of the molecule is N#CCCCOC(=O)c1ccc(COc2ccccc2)cc1. The molecule has 0 fully saturated rings. The second-order valence-electron chi connectivity index (χ2n) is 4.70. The number of rotatable bonds is 7. The Morgan fingerprint density at radius 1 is 1.05 bits per heavy atom. The highest BCUT2D eigenvalue weighted by Gasteiger charge is 2.06. The normalized spacial score (nSPS) is 9.77. The molecule has 0 aliphatic heterocycles. The van der Waals surface area contributed by atoms with E-state index in [9.17, 15) is 4.79 Å². The quantitative estimate of drug-likeness (QED) is 0.577. The topological polar surface area (TPSA) is 59.3 Å². The molecular formula is C18H17NO3. The molecule has 0 unspecified atom stereocenters. The van der Waals surface area contributed by atoms with Gasteiger partial charge in [0.2, 0.25) is 0 Å². The molecular weight excluding hydrogens is 278 g/mol. The third kappa shape index (κ3) is 4.95. The zero-order valence-electron chi connectivity index (χ0n) is 12.2. The minimum absolute atomic E-state index is 0.269. The van der Waals surface area contributed by atoms with Gasteiger partial charge in [-0.15, -0.1) is 0 Å². The number of unbranched alkanes of at least 4 members (excludes halogenated alkanes) is 1. The van der Waals surface area contributed by atoms with Gasteiger partial charge < -0.3 is 9.47 Å². The third-order valence-electron chi connectivity index (χ3n) is 3.00. The fraction of sp³-hybridized carbons (Fsp3) is 0.222. The van der Waals surface area contributed by atoms with E-state index in [1.54, 1.807) is 12.1 Å². The first-order valence-corrected chi connectivity index (χ1v) is 7.10. The molecule has 4 nitrogen and oxygen atoms in total. The summed E-state index contributed by atoms with van der Waals surface area (Å²) in [6.45, 7) is 0.715. The Labute approximate surface area is 129 Å². The lowest BCUT2D eigenvalue weighted by Crippen LogP contribution is -2.06. The minimum atomic E-state index is -0.367. The molecule has 0 radical (unpaired) electrons. The van der Waals surface area contributed by atoms with Crippen molar-refractivity contribution >= 4 is 5.97 Å². The number of hydrogen-bond donors (Lipinski definition) is 0. The summed E-state index contributed by atoms with van der Waals surface area (Å²) in [4.78, 5) is 11.8. The molecule has 0 N–H and O–H groups in total. The first-order valence-electron chi connectivity index (χ1n) is 7.10. The molecule has 22 heavy (non-hydrogen) atoms. The van der Waals surface area contributed by atoms with Crippen molar-refractivity contribution in [2.24, 2.45) is 0 Å². The van der Waals surface area contributed by atoms with E-state index in [4.69, 9.17) is 14.7 Å². The summed E-state index contributed by atoms with van der Waals surface area (Å²) >= 11 is 0. The predicted octanol–water partition coefficient (Wildman–Crippen LogP) is 3.73. The van der Waals surface area contributed by atoms with Gasteiger partial charge in [0.05, 0.1) is 18.2 Å². The molecule has 112 valence electrons. The maximum Gasteiger partial charge on any atom is 0.338 e. The number of nitriles is 1. The van der Waals surface area contributed by atoms with Crippen LogP contribution in [0.5, 0.6) is 5.75 Å². The number of esters is 1. The van der Waals surface area contributed by atoms with Crippen LogP contribution in [0.1, 0.15) is 28.8 Å². The molecule has 0 spiro atoms. The Balaban J connectivity index is 1.82. The summed E-state index contributed by atoms with van der Waals surface area (Å²) < 4.78 is 10.7. The van der Waals surface area contributed by atoms with Gasteiger partial charge in [-0.2, -0.15) is 5.26 Å². The fourth-order valence-corrected chi connectivity index (χ4v) is 1.82. The van der Waals surface area contributed by atoms with Crippen LogP contribution in [-0.4, -0.2) is 12.6 Å². The molecule has 0 aliphatic rings. The highest BCUT2D eigenvalue weighted by Crippen LogP contribution is 2.12. The van der Waals surface area contributed by atoms with E-state index < -0.39 is 0 Å². The number of carbonyl (C=O) groups excluding carboxylic acids is 1. The van der Waals surface area contributed by atoms with E-state index in [0.29, 0.717) is 25.0 Å². The number of hydrogen-bond acceptors (Lipinski definition) is 4. The minimum Gasteiger partial charge on any atom is -0.489 e. The molecule has 0 aromatic heterocycles. The molecule has 0 bridgehead atoms. The Bertz CT molecular complexity index is 630. The van der Waals surface area contributed by atoms with Gasteiger partial charge in [0.25, 0.3) is 0 Å². The summed E-state index contributed by atoms with van der Waals surface area (Å²) in [5.74, 6) is 0.442. The zero-order valence-corrected chi connectivity index (χ0v) is 12.2. The van der Waals surface area contributed by atoms with E-state index in [1.807, 2.05) is 48.5 Å². The van der Waals surface area contributed by atoms with Crippen LogP contribution in [0.15, 0.2) is 54.6 Å². The number of nitrogens with zero attached hydrogens (tertiary/aromatic N) is 1. The van der Waals surface area contributed by atoms with Gasteiger partial charge >= 0.3 is 5.97 Å². The van der Waals surface area contributed by atoms with Crippen molar-refractivity contribution in [3.8, 4) is 11.8 Å². The summed E-state index contributed by atoms with van der Waals surface area (Å²) in [7, 11) is 0. The van der Waals surface area contributed by atoms with Gasteiger partial charge in [-0.25, -0.2) is 4.79 Å². The lowest BCUT2D eigenvalue weighted by molar-refractivity contribution is 0.0501. The lowest BCUT2D eigenvalue weighted by Gasteiger charge is -2.07. The summed E-state index contributed by atoms with van der Waals surface area (Å²) in [5.41, 5.74) is 1.48. The first-order chi connectivity index (χ1) is 10.8. The van der Waals surface area contributed by atoms with Crippen LogP contribution in [0.25, 0.3) is 0 Å². The first kappa shape index (κ1) is 15.6. The van der Waals surface area contributed by atoms with E-state index in [1.165, 1.54) is 0 Å². The van der Waals surface area contributed by atoms with Crippen molar-refractivity contribution in [1.29, 1.82) is 5.26 Å². The molecule has 0 saturated heterocycles. The van der Waals surface area contributed by atoms with E-state index >= 15 is 0 Å². The second kappa shape index (κ2) is 8.48. The third-order valence-corrected chi connectivity index (χ3v) is 3.00. The summed E-state index contributed by atoms with van der Waals surface area (Å²) in [6, 6.07) is 18.7. The van der Waals surface area contributed by atoms with Crippen molar-refractivity contribution in [1.82, 2.24) is 0 Å². The smallest absolute Gasteiger partial charge is 0.338 e. The summed E-state index contributed by atoms with van der Waals surface area (Å²) in [6.07, 6.45) is 0.953. The van der Waals surface area contributed by atoms with E-state index in [-0.39, 0.29) is 12.6 Å². The van der Waals surface area contributed by atoms with Gasteiger partial charge in [0, 0.05) is 6.42 Å². The molecule has 0 atom stereocenters. The average molecular weight is 295 g/mol. The van der Waals surface area contributed by atoms with Crippen molar-refractivity contribution in [3.05, 3.63) is 65.7 Å². The van der Waals surface area contributed by atoms with Gasteiger partial charge in [0.1, 0.15) is 12.4 Å². The monoisotopic (exact) mass is 295 g/mol. The maximum absolute atomic E-state index is 11.8. The van der Waals surface area contributed by atoms with E-state index in [0.717, 1.165) is 11.3 Å². The molecule has 0 saturated carbocycles. The molecule has 0 heterocycles. The van der Waals surface area contributed by atoms with Crippen molar-refractivity contribution in [3.63, 3.8) is 0 Å². The van der Waals surface area contributed by atoms with Crippen LogP contribution >= 0.6 is 0 Å². The largest absolute Gasteiger partial charge is 0.489 e. The number of benzene rings is 2. The highest BCUT2D eigenvalue weighted by atomic mass is 16.5. The molecule has 0 aliphatic carbocycles. The highest BCUT2D eigenvalue weighted by molar-refractivity contribution is 5.89. The van der Waals surface area contributed by atoms with Crippen LogP contribution < -0.4 is 4.74 Å². The maximum atomic E-state index is 11.8. The predicted molar refractivity (Wildman–Crippen MR) is 82.3 cm³/mol.